The van der Waals surface area contributed by atoms with Gasteiger partial charge in [0.15, 0.2) is 0 Å². The Bertz CT molecular complexity index is 563. The van der Waals surface area contributed by atoms with Crippen LogP contribution in [0.2, 0.25) is 5.02 Å². The van der Waals surface area contributed by atoms with Crippen LogP contribution in [0.1, 0.15) is 5.56 Å². The number of aromatic nitrogens is 2. The summed E-state index contributed by atoms with van der Waals surface area (Å²) in [6, 6.07) is 7.19. The van der Waals surface area contributed by atoms with Crippen LogP contribution < -0.4 is 14.8 Å². The molecule has 0 radical (unpaired) electrons. The quantitative estimate of drug-likeness (QED) is 0.912. The maximum Gasteiger partial charge on any atom is 0.226 e. The number of rotatable bonds is 5. The molecule has 5 nitrogen and oxygen atoms in total. The van der Waals surface area contributed by atoms with Gasteiger partial charge in [-0.15, -0.1) is 0 Å². The molecule has 1 aromatic carbocycles. The maximum atomic E-state index is 6.15. The summed E-state index contributed by atoms with van der Waals surface area (Å²) in [7, 11) is 3.17. The SMILES string of the molecule is COc1ccnc(NCc2c(Cl)cccc2OC)n1. The Balaban J connectivity index is 2.14. The van der Waals surface area contributed by atoms with Crippen LogP contribution in [-0.4, -0.2) is 24.2 Å². The molecule has 2 aromatic rings. The number of hydrogen-bond acceptors (Lipinski definition) is 5. The number of ether oxygens (including phenoxy) is 2. The van der Waals surface area contributed by atoms with E-state index in [1.165, 1.54) is 0 Å². The lowest BCUT2D eigenvalue weighted by Crippen LogP contribution is -2.06. The smallest absolute Gasteiger partial charge is 0.226 e. The van der Waals surface area contributed by atoms with E-state index in [1.807, 2.05) is 18.2 Å². The number of anilines is 1. The highest BCUT2D eigenvalue weighted by atomic mass is 35.5. The van der Waals surface area contributed by atoms with Crippen molar-refractivity contribution in [2.75, 3.05) is 19.5 Å². The fourth-order valence-electron chi connectivity index (χ4n) is 1.61. The third kappa shape index (κ3) is 3.26. The fourth-order valence-corrected chi connectivity index (χ4v) is 1.84. The Labute approximate surface area is 116 Å². The highest BCUT2D eigenvalue weighted by Gasteiger charge is 2.08. The van der Waals surface area contributed by atoms with Gasteiger partial charge < -0.3 is 14.8 Å². The highest BCUT2D eigenvalue weighted by molar-refractivity contribution is 6.31. The van der Waals surface area contributed by atoms with Gasteiger partial charge in [-0.05, 0) is 12.1 Å². The number of halogens is 1. The summed E-state index contributed by atoms with van der Waals surface area (Å²) in [5.41, 5.74) is 0.859. The monoisotopic (exact) mass is 279 g/mol. The second kappa shape index (κ2) is 6.24. The molecule has 6 heteroatoms. The average molecular weight is 280 g/mol. The van der Waals surface area contributed by atoms with Crippen LogP contribution in [0, 0.1) is 0 Å². The lowest BCUT2D eigenvalue weighted by atomic mass is 10.2. The topological polar surface area (TPSA) is 56.3 Å². The van der Waals surface area contributed by atoms with Gasteiger partial charge in [-0.1, -0.05) is 17.7 Å². The van der Waals surface area contributed by atoms with Crippen molar-refractivity contribution < 1.29 is 9.47 Å². The van der Waals surface area contributed by atoms with Crippen molar-refractivity contribution in [1.29, 1.82) is 0 Å². The van der Waals surface area contributed by atoms with Crippen LogP contribution in [0.3, 0.4) is 0 Å². The summed E-state index contributed by atoms with van der Waals surface area (Å²) in [6.07, 6.45) is 1.62. The van der Waals surface area contributed by atoms with E-state index in [0.29, 0.717) is 23.4 Å². The zero-order valence-electron chi connectivity index (χ0n) is 10.7. The average Bonchev–Trinajstić information content (AvgIpc) is 2.46. The van der Waals surface area contributed by atoms with Gasteiger partial charge in [0.2, 0.25) is 11.8 Å². The number of benzene rings is 1. The van der Waals surface area contributed by atoms with Crippen molar-refractivity contribution in [3.8, 4) is 11.6 Å². The van der Waals surface area contributed by atoms with Gasteiger partial charge in [0.05, 0.1) is 14.2 Å². The van der Waals surface area contributed by atoms with Gasteiger partial charge in [-0.2, -0.15) is 4.98 Å². The van der Waals surface area contributed by atoms with Crippen molar-refractivity contribution in [3.05, 3.63) is 41.0 Å². The van der Waals surface area contributed by atoms with E-state index < -0.39 is 0 Å². The summed E-state index contributed by atoms with van der Waals surface area (Å²) in [4.78, 5) is 8.26. The molecule has 0 amide bonds. The molecular formula is C13H14ClN3O2. The van der Waals surface area contributed by atoms with Gasteiger partial charge in [0, 0.05) is 29.4 Å². The number of nitrogens with one attached hydrogen (secondary N) is 1. The molecule has 0 atom stereocenters. The molecule has 0 aliphatic rings. The van der Waals surface area contributed by atoms with Gasteiger partial charge >= 0.3 is 0 Å². The zero-order chi connectivity index (χ0) is 13.7. The molecule has 1 N–H and O–H groups in total. The van der Waals surface area contributed by atoms with Crippen LogP contribution >= 0.6 is 11.6 Å². The molecule has 19 heavy (non-hydrogen) atoms. The third-order valence-corrected chi connectivity index (χ3v) is 2.91. The van der Waals surface area contributed by atoms with E-state index in [9.17, 15) is 0 Å². The first-order valence-corrected chi connectivity index (χ1v) is 6.04. The molecule has 0 bridgehead atoms. The number of hydrogen-bond donors (Lipinski definition) is 1. The molecule has 0 unspecified atom stereocenters. The van der Waals surface area contributed by atoms with Crippen molar-refractivity contribution in [3.63, 3.8) is 0 Å². The zero-order valence-corrected chi connectivity index (χ0v) is 11.4. The molecule has 0 aliphatic heterocycles. The molecule has 1 aromatic heterocycles. The van der Waals surface area contributed by atoms with Gasteiger partial charge in [0.25, 0.3) is 0 Å². The number of nitrogens with zero attached hydrogens (tertiary/aromatic N) is 2. The summed E-state index contributed by atoms with van der Waals surface area (Å²) in [5, 5.41) is 3.72. The van der Waals surface area contributed by atoms with Crippen molar-refractivity contribution in [1.82, 2.24) is 9.97 Å². The van der Waals surface area contributed by atoms with E-state index in [2.05, 4.69) is 15.3 Å². The Morgan fingerprint density at radius 1 is 1.21 bits per heavy atom. The predicted octanol–water partition coefficient (Wildman–Crippen LogP) is 2.76. The Hall–Kier alpha value is -2.01. The third-order valence-electron chi connectivity index (χ3n) is 2.56. The Kier molecular flexibility index (Phi) is 4.41. The molecule has 2 rings (SSSR count). The minimum Gasteiger partial charge on any atom is -0.496 e. The van der Waals surface area contributed by atoms with Gasteiger partial charge in [-0.3, -0.25) is 0 Å². The van der Waals surface area contributed by atoms with Crippen LogP contribution in [0.4, 0.5) is 5.95 Å². The minimum absolute atomic E-state index is 0.468. The lowest BCUT2D eigenvalue weighted by Gasteiger charge is -2.11. The standard InChI is InChI=1S/C13H14ClN3O2/c1-18-11-5-3-4-10(14)9(11)8-16-13-15-7-6-12(17-13)19-2/h3-7H,8H2,1-2H3,(H,15,16,17). The van der Waals surface area contributed by atoms with E-state index in [0.717, 1.165) is 11.3 Å². The first kappa shape index (κ1) is 13.4. The molecular weight excluding hydrogens is 266 g/mol. The van der Waals surface area contributed by atoms with Crippen molar-refractivity contribution >= 4 is 17.5 Å². The van der Waals surface area contributed by atoms with Crippen molar-refractivity contribution in [2.45, 2.75) is 6.54 Å². The van der Waals surface area contributed by atoms with Crippen molar-refractivity contribution in [2.24, 2.45) is 0 Å². The summed E-state index contributed by atoms with van der Waals surface area (Å²) in [5.74, 6) is 1.70. The predicted molar refractivity (Wildman–Crippen MR) is 73.9 cm³/mol. The first-order chi connectivity index (χ1) is 9.24. The Morgan fingerprint density at radius 2 is 2.05 bits per heavy atom. The second-order valence-electron chi connectivity index (χ2n) is 3.70. The summed E-state index contributed by atoms with van der Waals surface area (Å²) < 4.78 is 10.3. The van der Waals surface area contributed by atoms with Gasteiger partial charge in [0.1, 0.15) is 5.75 Å². The van der Waals surface area contributed by atoms with E-state index in [4.69, 9.17) is 21.1 Å². The molecule has 100 valence electrons. The first-order valence-electron chi connectivity index (χ1n) is 5.67. The second-order valence-corrected chi connectivity index (χ2v) is 4.10. The number of methoxy groups -OCH3 is 2. The molecule has 0 aliphatic carbocycles. The van der Waals surface area contributed by atoms with E-state index in [-0.39, 0.29) is 0 Å². The van der Waals surface area contributed by atoms with Gasteiger partial charge in [-0.25, -0.2) is 4.98 Å². The van der Waals surface area contributed by atoms with Crippen LogP contribution in [0.15, 0.2) is 30.5 Å². The minimum atomic E-state index is 0.468. The summed E-state index contributed by atoms with van der Waals surface area (Å²) >= 11 is 6.15. The van der Waals surface area contributed by atoms with Crippen LogP contribution in [0.25, 0.3) is 0 Å². The Morgan fingerprint density at radius 3 is 2.79 bits per heavy atom. The van der Waals surface area contributed by atoms with E-state index in [1.54, 1.807) is 26.5 Å². The van der Waals surface area contributed by atoms with Crippen LogP contribution in [-0.2, 0) is 6.54 Å². The molecule has 0 saturated carbocycles. The molecule has 0 fully saturated rings. The van der Waals surface area contributed by atoms with E-state index >= 15 is 0 Å². The fraction of sp³-hybridized carbons (Fsp3) is 0.231. The van der Waals surface area contributed by atoms with Crippen LogP contribution in [0.5, 0.6) is 11.6 Å². The molecule has 1 heterocycles. The molecule has 0 saturated heterocycles. The molecule has 0 spiro atoms. The normalized spacial score (nSPS) is 10.1. The largest absolute Gasteiger partial charge is 0.496 e. The maximum absolute atomic E-state index is 6.15. The lowest BCUT2D eigenvalue weighted by molar-refractivity contribution is 0.397. The highest BCUT2D eigenvalue weighted by Crippen LogP contribution is 2.26. The summed E-state index contributed by atoms with van der Waals surface area (Å²) in [6.45, 7) is 0.468.